The maximum Gasteiger partial charge on any atom is 0.191 e. The molecule has 0 saturated carbocycles. The van der Waals surface area contributed by atoms with Crippen molar-refractivity contribution >= 4 is 5.96 Å². The van der Waals surface area contributed by atoms with E-state index in [0.717, 1.165) is 37.6 Å². The van der Waals surface area contributed by atoms with E-state index in [1.165, 1.54) is 37.9 Å². The lowest BCUT2D eigenvalue weighted by Gasteiger charge is -2.33. The fourth-order valence-corrected chi connectivity index (χ4v) is 3.00. The van der Waals surface area contributed by atoms with Gasteiger partial charge < -0.3 is 10.6 Å². The first-order valence-electron chi connectivity index (χ1n) is 8.62. The Kier molecular flexibility index (Phi) is 7.33. The molecule has 0 spiro atoms. The minimum Gasteiger partial charge on any atom is -0.356 e. The maximum atomic E-state index is 12.9. The Bertz CT molecular complexity index is 486. The van der Waals surface area contributed by atoms with Crippen LogP contribution in [0.4, 0.5) is 4.39 Å². The topological polar surface area (TPSA) is 39.7 Å². The average molecular weight is 320 g/mol. The van der Waals surface area contributed by atoms with E-state index in [9.17, 15) is 4.39 Å². The summed E-state index contributed by atoms with van der Waals surface area (Å²) in [5.74, 6) is 0.642. The molecule has 0 amide bonds. The minimum absolute atomic E-state index is 0.189. The molecule has 128 valence electrons. The van der Waals surface area contributed by atoms with E-state index < -0.39 is 0 Å². The normalized spacial score (nSPS) is 19.6. The van der Waals surface area contributed by atoms with Gasteiger partial charge >= 0.3 is 0 Å². The van der Waals surface area contributed by atoms with Crippen molar-refractivity contribution in [1.29, 1.82) is 0 Å². The zero-order valence-electron chi connectivity index (χ0n) is 14.3. The molecule has 1 aliphatic heterocycles. The highest BCUT2D eigenvalue weighted by Gasteiger charge is 2.17. The van der Waals surface area contributed by atoms with Gasteiger partial charge in [-0.15, -0.1) is 0 Å². The Morgan fingerprint density at radius 1 is 1.22 bits per heavy atom. The summed E-state index contributed by atoms with van der Waals surface area (Å²) in [6.07, 6.45) is 4.83. The molecule has 0 aromatic heterocycles. The largest absolute Gasteiger partial charge is 0.356 e. The SMILES string of the molecule is CN=C(NCCc1ccc(F)cc1)NCCN1CCCCC1C. The Morgan fingerprint density at radius 3 is 2.65 bits per heavy atom. The van der Waals surface area contributed by atoms with Crippen molar-refractivity contribution in [3.8, 4) is 0 Å². The highest BCUT2D eigenvalue weighted by Crippen LogP contribution is 2.15. The number of piperidine rings is 1. The number of likely N-dealkylation sites (tertiary alicyclic amines) is 1. The van der Waals surface area contributed by atoms with Gasteiger partial charge in [0, 0.05) is 32.7 Å². The first kappa shape index (κ1) is 17.7. The van der Waals surface area contributed by atoms with Crippen LogP contribution in [-0.4, -0.2) is 50.1 Å². The van der Waals surface area contributed by atoms with Gasteiger partial charge in [-0.3, -0.25) is 9.89 Å². The van der Waals surface area contributed by atoms with Crippen molar-refractivity contribution < 1.29 is 4.39 Å². The van der Waals surface area contributed by atoms with Crippen LogP contribution in [0.5, 0.6) is 0 Å². The third-order valence-electron chi connectivity index (χ3n) is 4.48. The molecule has 1 aromatic carbocycles. The predicted molar refractivity (Wildman–Crippen MR) is 94.4 cm³/mol. The zero-order valence-corrected chi connectivity index (χ0v) is 14.3. The summed E-state index contributed by atoms with van der Waals surface area (Å²) >= 11 is 0. The number of rotatable bonds is 6. The smallest absolute Gasteiger partial charge is 0.191 e. The molecule has 0 bridgehead atoms. The number of halogens is 1. The molecule has 2 rings (SSSR count). The van der Waals surface area contributed by atoms with E-state index >= 15 is 0 Å². The molecule has 1 fully saturated rings. The first-order valence-corrected chi connectivity index (χ1v) is 8.62. The van der Waals surface area contributed by atoms with E-state index in [-0.39, 0.29) is 5.82 Å². The van der Waals surface area contributed by atoms with Gasteiger partial charge in [-0.25, -0.2) is 4.39 Å². The van der Waals surface area contributed by atoms with Crippen molar-refractivity contribution in [3.63, 3.8) is 0 Å². The quantitative estimate of drug-likeness (QED) is 0.624. The number of guanidine groups is 1. The van der Waals surface area contributed by atoms with Gasteiger partial charge in [0.05, 0.1) is 0 Å². The van der Waals surface area contributed by atoms with Crippen LogP contribution < -0.4 is 10.6 Å². The van der Waals surface area contributed by atoms with Crippen LogP contribution in [0.25, 0.3) is 0 Å². The first-order chi connectivity index (χ1) is 11.2. The number of hydrogen-bond donors (Lipinski definition) is 2. The summed E-state index contributed by atoms with van der Waals surface area (Å²) in [6.45, 7) is 6.26. The van der Waals surface area contributed by atoms with Crippen molar-refractivity contribution in [1.82, 2.24) is 15.5 Å². The predicted octanol–water partition coefficient (Wildman–Crippen LogP) is 2.41. The van der Waals surface area contributed by atoms with Gasteiger partial charge in [0.2, 0.25) is 0 Å². The molecule has 1 aliphatic rings. The Morgan fingerprint density at radius 2 is 1.96 bits per heavy atom. The van der Waals surface area contributed by atoms with Gasteiger partial charge in [-0.1, -0.05) is 18.6 Å². The van der Waals surface area contributed by atoms with Gasteiger partial charge in [-0.05, 0) is 50.4 Å². The van der Waals surface area contributed by atoms with E-state index in [2.05, 4.69) is 27.4 Å². The average Bonchev–Trinajstić information content (AvgIpc) is 2.57. The Labute approximate surface area is 139 Å². The molecule has 0 aliphatic carbocycles. The third kappa shape index (κ3) is 6.18. The lowest BCUT2D eigenvalue weighted by molar-refractivity contribution is 0.163. The van der Waals surface area contributed by atoms with Crippen LogP contribution in [0.1, 0.15) is 31.7 Å². The second-order valence-electron chi connectivity index (χ2n) is 6.18. The molecule has 1 saturated heterocycles. The molecular weight excluding hydrogens is 291 g/mol. The Balaban J connectivity index is 1.64. The molecule has 2 N–H and O–H groups in total. The van der Waals surface area contributed by atoms with Crippen LogP contribution in [-0.2, 0) is 6.42 Å². The van der Waals surface area contributed by atoms with Crippen LogP contribution in [0.15, 0.2) is 29.3 Å². The molecule has 4 nitrogen and oxygen atoms in total. The van der Waals surface area contributed by atoms with Crippen LogP contribution in [0.3, 0.4) is 0 Å². The summed E-state index contributed by atoms with van der Waals surface area (Å²) < 4.78 is 12.9. The van der Waals surface area contributed by atoms with Crippen molar-refractivity contribution in [3.05, 3.63) is 35.6 Å². The van der Waals surface area contributed by atoms with E-state index in [1.807, 2.05) is 12.1 Å². The molecule has 23 heavy (non-hydrogen) atoms. The number of hydrogen-bond acceptors (Lipinski definition) is 2. The van der Waals surface area contributed by atoms with E-state index in [0.29, 0.717) is 6.04 Å². The standard InChI is InChI=1S/C18H29FN4/c1-15-5-3-4-13-23(15)14-12-22-18(20-2)21-11-10-16-6-8-17(19)9-7-16/h6-9,15H,3-5,10-14H2,1-2H3,(H2,20,21,22). The molecule has 1 atom stereocenters. The van der Waals surface area contributed by atoms with Gasteiger partial charge in [0.15, 0.2) is 5.96 Å². The summed E-state index contributed by atoms with van der Waals surface area (Å²) in [5, 5.41) is 6.68. The van der Waals surface area contributed by atoms with Crippen molar-refractivity contribution in [2.45, 2.75) is 38.6 Å². The van der Waals surface area contributed by atoms with Crippen molar-refractivity contribution in [2.24, 2.45) is 4.99 Å². The van der Waals surface area contributed by atoms with Gasteiger partial charge in [0.25, 0.3) is 0 Å². The lowest BCUT2D eigenvalue weighted by Crippen LogP contribution is -2.45. The molecule has 1 aromatic rings. The van der Waals surface area contributed by atoms with Crippen LogP contribution >= 0.6 is 0 Å². The molecule has 0 radical (unpaired) electrons. The molecule has 5 heteroatoms. The molecular formula is C18H29FN4. The van der Waals surface area contributed by atoms with E-state index in [4.69, 9.17) is 0 Å². The number of nitrogens with zero attached hydrogens (tertiary/aromatic N) is 2. The third-order valence-corrected chi connectivity index (χ3v) is 4.48. The van der Waals surface area contributed by atoms with Gasteiger partial charge in [0.1, 0.15) is 5.82 Å². The summed E-state index contributed by atoms with van der Waals surface area (Å²) in [7, 11) is 1.79. The second kappa shape index (κ2) is 9.50. The fraction of sp³-hybridized carbons (Fsp3) is 0.611. The summed E-state index contributed by atoms with van der Waals surface area (Å²) in [6, 6.07) is 7.35. The Hall–Kier alpha value is -1.62. The second-order valence-corrected chi connectivity index (χ2v) is 6.18. The van der Waals surface area contributed by atoms with Crippen LogP contribution in [0, 0.1) is 5.82 Å². The highest BCUT2D eigenvalue weighted by molar-refractivity contribution is 5.79. The maximum absolute atomic E-state index is 12.9. The molecule has 1 heterocycles. The number of benzene rings is 1. The number of nitrogens with one attached hydrogen (secondary N) is 2. The summed E-state index contributed by atoms with van der Waals surface area (Å²) in [5.41, 5.74) is 1.12. The minimum atomic E-state index is -0.189. The summed E-state index contributed by atoms with van der Waals surface area (Å²) in [4.78, 5) is 6.79. The highest BCUT2D eigenvalue weighted by atomic mass is 19.1. The fourth-order valence-electron chi connectivity index (χ4n) is 3.00. The molecule has 1 unspecified atom stereocenters. The van der Waals surface area contributed by atoms with E-state index in [1.54, 1.807) is 7.05 Å². The number of aliphatic imine (C=N–C) groups is 1. The van der Waals surface area contributed by atoms with Crippen LogP contribution in [0.2, 0.25) is 0 Å². The lowest BCUT2D eigenvalue weighted by atomic mass is 10.0. The zero-order chi connectivity index (χ0) is 16.5. The van der Waals surface area contributed by atoms with Crippen molar-refractivity contribution in [2.75, 3.05) is 33.2 Å². The van der Waals surface area contributed by atoms with Gasteiger partial charge in [-0.2, -0.15) is 0 Å². The monoisotopic (exact) mass is 320 g/mol.